The molecule has 0 aliphatic heterocycles. The molecular weight excluding hydrogens is 1040 g/mol. The highest BCUT2D eigenvalue weighted by molar-refractivity contribution is 5.45. The lowest BCUT2D eigenvalue weighted by Gasteiger charge is -2.39. The second-order valence-electron chi connectivity index (χ2n) is 30.4. The minimum Gasteiger partial charge on any atom is -0.171 e. The molecule has 0 amide bonds. The van der Waals surface area contributed by atoms with Crippen LogP contribution in [0, 0.1) is 32.5 Å². The van der Waals surface area contributed by atoms with E-state index < -0.39 is 93.7 Å². The largest absolute Gasteiger partial charge is 0.394 e. The fourth-order valence-electron chi connectivity index (χ4n) is 8.62. The molecule has 0 aliphatic carbocycles. The fraction of sp³-hybridized carbons (Fsp3) is 0.667. The van der Waals surface area contributed by atoms with Gasteiger partial charge in [0.15, 0.2) is 0 Å². The highest BCUT2D eigenvalue weighted by atomic mass is 19.4. The van der Waals surface area contributed by atoms with Crippen molar-refractivity contribution >= 4 is 0 Å². The molecule has 2 unspecified atom stereocenters. The molecule has 2 atom stereocenters. The van der Waals surface area contributed by atoms with Gasteiger partial charge in [0.25, 0.3) is 0 Å². The summed E-state index contributed by atoms with van der Waals surface area (Å²) < 4.78 is 207. The van der Waals surface area contributed by atoms with E-state index >= 15 is 0 Å². The topological polar surface area (TPSA) is 0 Å². The molecule has 0 saturated heterocycles. The molecule has 0 radical (unpaired) electrons. The minimum atomic E-state index is -4.91. The number of benzene rings is 4. The molecule has 462 valence electrons. The summed E-state index contributed by atoms with van der Waals surface area (Å²) in [7, 11) is 0. The summed E-state index contributed by atoms with van der Waals surface area (Å²) in [5, 5.41) is 0. The third-order valence-corrected chi connectivity index (χ3v) is 14.0. The van der Waals surface area contributed by atoms with Crippen molar-refractivity contribution < 1.29 is 53.2 Å². The van der Waals surface area contributed by atoms with Crippen molar-refractivity contribution in [2.75, 3.05) is 0 Å². The van der Waals surface area contributed by atoms with Crippen LogP contribution in [0.3, 0.4) is 0 Å². The van der Waals surface area contributed by atoms with Gasteiger partial charge in [0, 0.05) is 13.7 Å². The second kappa shape index (κ2) is 26.3. The van der Waals surface area contributed by atoms with Gasteiger partial charge in [-0.25, -0.2) is 0 Å². The van der Waals surface area contributed by atoms with E-state index in [4.69, 9.17) is 13.7 Å². The number of hydrogen-bond donors (Lipinski definition) is 0. The van der Waals surface area contributed by atoms with E-state index in [0.29, 0.717) is 5.56 Å². The molecule has 0 aromatic heterocycles. The Balaban J connectivity index is 0.000000619. The monoisotopic (exact) mass is 1160 g/mol. The Morgan fingerprint density at radius 2 is 0.605 bits per heavy atom. The van der Waals surface area contributed by atoms with E-state index in [1.54, 1.807) is 39.0 Å². The van der Waals surface area contributed by atoms with Gasteiger partial charge in [0.05, 0.1) is 16.2 Å². The first-order valence-corrected chi connectivity index (χ1v) is 28.1. The predicted molar refractivity (Wildman–Crippen MR) is 330 cm³/mol. The molecule has 4 aromatic carbocycles. The van der Waals surface area contributed by atoms with E-state index in [-0.39, 0.29) is 38.5 Å². The Morgan fingerprint density at radius 1 is 0.333 bits per heavy atom. The lowest BCUT2D eigenvalue weighted by atomic mass is 9.68. The van der Waals surface area contributed by atoms with E-state index in [1.165, 1.54) is 24.3 Å². The highest BCUT2D eigenvalue weighted by Gasteiger charge is 2.53. The molecule has 4 aromatic rings. The SMILES string of the molecule is [2H]C([2H])(c1cccc(C([2H])(C)C(C)(C)C(F)(F)F)c1C(C)(C)C)C(C)(C)C(F)(F)F.[2H]C([2H])(c1cccc(C([2H])(C)C(C)(C)C)c1C(C)(C)C)C(C)(C)C.[2H]C([2H])(c1ccccc1C(C)(C)C)C(C)(C)C.[2H]C([2H])(c1ccccc1C(C)(C)C)C(C)(C)C(F)(F)F. The van der Waals surface area contributed by atoms with Gasteiger partial charge < -0.3 is 0 Å². The van der Waals surface area contributed by atoms with Gasteiger partial charge >= 0.3 is 18.5 Å². The lowest BCUT2D eigenvalue weighted by molar-refractivity contribution is -0.218. The van der Waals surface area contributed by atoms with Crippen molar-refractivity contribution in [2.45, 2.75) is 278 Å². The summed E-state index contributed by atoms with van der Waals surface area (Å²) in [6.07, 6.45) is -22.6. The summed E-state index contributed by atoms with van der Waals surface area (Å²) in [5.74, 6) is -3.10. The third kappa shape index (κ3) is 22.3. The van der Waals surface area contributed by atoms with Crippen LogP contribution in [0.4, 0.5) is 39.5 Å². The first kappa shape index (κ1) is 59.0. The van der Waals surface area contributed by atoms with Crippen LogP contribution >= 0.6 is 0 Å². The first-order chi connectivity index (χ1) is 39.4. The van der Waals surface area contributed by atoms with Gasteiger partial charge in [-0.1, -0.05) is 286 Å². The van der Waals surface area contributed by atoms with E-state index in [1.807, 2.05) is 112 Å². The maximum absolute atomic E-state index is 13.8. The van der Waals surface area contributed by atoms with E-state index in [0.717, 1.165) is 76.3 Å². The average Bonchev–Trinajstić information content (AvgIpc) is 0.734. The zero-order chi connectivity index (χ0) is 73.2. The molecule has 0 bridgehead atoms. The van der Waals surface area contributed by atoms with Crippen LogP contribution in [0.2, 0.25) is 0 Å². The maximum Gasteiger partial charge on any atom is 0.394 e. The van der Waals surface area contributed by atoms with Crippen LogP contribution in [0.5, 0.6) is 0 Å². The molecule has 0 nitrogen and oxygen atoms in total. The van der Waals surface area contributed by atoms with Crippen molar-refractivity contribution in [3.8, 4) is 0 Å². The van der Waals surface area contributed by atoms with E-state index in [2.05, 4.69) is 62.3 Å². The smallest absolute Gasteiger partial charge is 0.171 e. The molecule has 0 fully saturated rings. The molecule has 0 heterocycles. The first-order valence-electron chi connectivity index (χ1n) is 33.1. The molecule has 9 heteroatoms. The Labute approximate surface area is 503 Å². The van der Waals surface area contributed by atoms with E-state index in [9.17, 15) is 39.5 Å². The quantitative estimate of drug-likeness (QED) is 0.147. The number of halogens is 9. The standard InChI is InChI=1S/C21H30F6.C21H36.C15H21F3.C15H24/c1-13(19(7,8)21(25,26)27)15-11-9-10-14(16(15)17(2,3)4)12-18(5,6)20(22,23)24;1-15(20(5,6)7)17-13-11-12-16(14-19(2,3)4)18(17)21(8,9)10;1-13(2,3)12-9-7-6-8-11(12)10-14(4,5)15(16,17)18;1-14(2,3)11-12-9-7-8-10-13(12)15(4,5)6/h9-11,13H,12H2,1-8H3;11-13,15H,14H2,1-10H3;6-9H,10H2,1-5H3;7-10H,11H2,1-6H3/i12D2,13D;14D2,15D;10D2;11D2. The predicted octanol–water partition coefficient (Wildman–Crippen LogP) is 24.2. The highest BCUT2D eigenvalue weighted by Crippen LogP contribution is 2.51. The van der Waals surface area contributed by atoms with Gasteiger partial charge in [-0.05, 0) is 131 Å². The maximum atomic E-state index is 13.8. The normalized spacial score (nSPS) is 18.0. The number of hydrogen-bond acceptors (Lipinski definition) is 0. The van der Waals surface area contributed by atoms with Crippen LogP contribution in [0.1, 0.15) is 282 Å². The summed E-state index contributed by atoms with van der Waals surface area (Å²) >= 11 is 0. The fourth-order valence-corrected chi connectivity index (χ4v) is 8.62. The van der Waals surface area contributed by atoms with Gasteiger partial charge in [0.1, 0.15) is 0 Å². The Kier molecular flexibility index (Phi) is 19.1. The average molecular weight is 1160 g/mol. The summed E-state index contributed by atoms with van der Waals surface area (Å²) in [6, 6.07) is 23.8. The van der Waals surface area contributed by atoms with Crippen molar-refractivity contribution in [3.05, 3.63) is 141 Å². The molecule has 81 heavy (non-hydrogen) atoms. The Morgan fingerprint density at radius 3 is 0.889 bits per heavy atom. The van der Waals surface area contributed by atoms with Crippen LogP contribution in [-0.2, 0) is 47.2 Å². The summed E-state index contributed by atoms with van der Waals surface area (Å²) in [6.45, 7) is 49.0. The number of alkyl halides is 9. The molecule has 0 N–H and O–H groups in total. The minimum absolute atomic E-state index is 0.0119. The van der Waals surface area contributed by atoms with Crippen molar-refractivity contribution in [2.24, 2.45) is 32.5 Å². The summed E-state index contributed by atoms with van der Waals surface area (Å²) in [4.78, 5) is 0. The van der Waals surface area contributed by atoms with Crippen LogP contribution in [0.15, 0.2) is 84.9 Å². The van der Waals surface area contributed by atoms with Crippen LogP contribution in [0.25, 0.3) is 0 Å². The van der Waals surface area contributed by atoms with Gasteiger partial charge in [-0.2, -0.15) is 39.5 Å². The lowest BCUT2D eigenvalue weighted by Crippen LogP contribution is -2.38. The molecule has 0 spiro atoms. The van der Waals surface area contributed by atoms with Crippen molar-refractivity contribution in [1.82, 2.24) is 0 Å². The van der Waals surface area contributed by atoms with Gasteiger partial charge in [-0.3, -0.25) is 0 Å². The molecule has 0 aliphatic rings. The molecule has 0 saturated carbocycles. The molecular formula is C72H111F9. The van der Waals surface area contributed by atoms with Crippen molar-refractivity contribution in [1.29, 1.82) is 0 Å². The zero-order valence-corrected chi connectivity index (χ0v) is 55.0. The molecule has 4 rings (SSSR count). The van der Waals surface area contributed by atoms with Crippen LogP contribution < -0.4 is 0 Å². The Hall–Kier alpha value is -3.75. The van der Waals surface area contributed by atoms with Gasteiger partial charge in [0.2, 0.25) is 0 Å². The van der Waals surface area contributed by atoms with Crippen LogP contribution in [-0.4, -0.2) is 18.5 Å². The third-order valence-electron chi connectivity index (χ3n) is 14.0. The number of rotatable bonds is 9. The zero-order valence-electron chi connectivity index (χ0n) is 65.0. The van der Waals surface area contributed by atoms with Gasteiger partial charge in [-0.15, -0.1) is 0 Å². The summed E-state index contributed by atoms with van der Waals surface area (Å²) in [5.41, 5.74) is -5.98. The second-order valence-corrected chi connectivity index (χ2v) is 30.4. The Bertz CT molecular complexity index is 2970. The van der Waals surface area contributed by atoms with Crippen molar-refractivity contribution in [3.63, 3.8) is 0 Å².